The summed E-state index contributed by atoms with van der Waals surface area (Å²) < 4.78 is 2.39. The summed E-state index contributed by atoms with van der Waals surface area (Å²) >= 11 is 6.19. The number of nitrogens with one attached hydrogen (secondary N) is 1. The number of anilines is 1. The lowest BCUT2D eigenvalue weighted by Gasteiger charge is -2.08. The molecule has 3 aromatic rings. The van der Waals surface area contributed by atoms with Gasteiger partial charge in [-0.25, -0.2) is 4.68 Å². The Morgan fingerprint density at radius 3 is 2.96 bits per heavy atom. The number of rotatable bonds is 5. The monoisotopic (exact) mass is 423 g/mol. The van der Waals surface area contributed by atoms with E-state index in [2.05, 4.69) is 31.4 Å². The SMILES string of the molecule is Cc1cc(Br)ccc1NC(=O)CSc1nnc(-c2cccs2)n1N. The molecule has 0 radical (unpaired) electrons. The zero-order valence-corrected chi connectivity index (χ0v) is 15.9. The van der Waals surface area contributed by atoms with Crippen LogP contribution in [-0.4, -0.2) is 26.5 Å². The Kier molecular flexibility index (Phi) is 5.22. The number of hydrogen-bond acceptors (Lipinski definition) is 6. The van der Waals surface area contributed by atoms with E-state index in [4.69, 9.17) is 5.84 Å². The number of thioether (sulfide) groups is 1. The number of amides is 1. The summed E-state index contributed by atoms with van der Waals surface area (Å²) in [6, 6.07) is 9.56. The van der Waals surface area contributed by atoms with Crippen LogP contribution < -0.4 is 11.2 Å². The number of benzene rings is 1. The van der Waals surface area contributed by atoms with E-state index in [1.54, 1.807) is 0 Å². The Bertz CT molecular complexity index is 863. The quantitative estimate of drug-likeness (QED) is 0.484. The van der Waals surface area contributed by atoms with Crippen LogP contribution >= 0.6 is 39.0 Å². The van der Waals surface area contributed by atoms with E-state index in [-0.39, 0.29) is 11.7 Å². The maximum atomic E-state index is 12.1. The fourth-order valence-electron chi connectivity index (χ4n) is 2.03. The lowest BCUT2D eigenvalue weighted by Crippen LogP contribution is -2.16. The molecule has 3 N–H and O–H groups in total. The number of carbonyl (C=O) groups excluding carboxylic acids is 1. The molecule has 0 unspecified atom stereocenters. The van der Waals surface area contributed by atoms with Gasteiger partial charge < -0.3 is 11.2 Å². The van der Waals surface area contributed by atoms with Crippen molar-refractivity contribution in [1.29, 1.82) is 0 Å². The van der Waals surface area contributed by atoms with Crippen molar-refractivity contribution in [2.24, 2.45) is 0 Å². The molecule has 1 aromatic carbocycles. The molecule has 124 valence electrons. The van der Waals surface area contributed by atoms with Crippen molar-refractivity contribution in [3.05, 3.63) is 45.7 Å². The van der Waals surface area contributed by atoms with Crippen LogP contribution in [0.4, 0.5) is 5.69 Å². The number of carbonyl (C=O) groups is 1. The fourth-order valence-corrected chi connectivity index (χ4v) is 3.87. The van der Waals surface area contributed by atoms with Crippen molar-refractivity contribution in [2.75, 3.05) is 16.9 Å². The Morgan fingerprint density at radius 2 is 2.25 bits per heavy atom. The summed E-state index contributed by atoms with van der Waals surface area (Å²) in [4.78, 5) is 13.1. The predicted molar refractivity (Wildman–Crippen MR) is 102 cm³/mol. The molecule has 0 fully saturated rings. The minimum atomic E-state index is -0.119. The molecular weight excluding hydrogens is 410 g/mol. The second kappa shape index (κ2) is 7.37. The Balaban J connectivity index is 1.62. The smallest absolute Gasteiger partial charge is 0.234 e. The van der Waals surface area contributed by atoms with E-state index >= 15 is 0 Å². The van der Waals surface area contributed by atoms with Gasteiger partial charge in [0.15, 0.2) is 5.82 Å². The van der Waals surface area contributed by atoms with Crippen molar-refractivity contribution >= 4 is 50.6 Å². The largest absolute Gasteiger partial charge is 0.335 e. The Morgan fingerprint density at radius 1 is 1.42 bits per heavy atom. The first-order chi connectivity index (χ1) is 11.5. The minimum Gasteiger partial charge on any atom is -0.335 e. The van der Waals surface area contributed by atoms with E-state index in [9.17, 15) is 4.79 Å². The highest BCUT2D eigenvalue weighted by molar-refractivity contribution is 9.10. The Hall–Kier alpha value is -1.84. The number of aryl methyl sites for hydroxylation is 1. The first-order valence-corrected chi connectivity index (χ1v) is 9.63. The highest BCUT2D eigenvalue weighted by Gasteiger charge is 2.14. The van der Waals surface area contributed by atoms with Crippen molar-refractivity contribution in [3.63, 3.8) is 0 Å². The molecule has 0 atom stereocenters. The van der Waals surface area contributed by atoms with Crippen LogP contribution in [0.25, 0.3) is 10.7 Å². The van der Waals surface area contributed by atoms with E-state index in [1.165, 1.54) is 27.8 Å². The predicted octanol–water partition coefficient (Wildman–Crippen LogP) is 3.52. The molecule has 0 aliphatic heterocycles. The van der Waals surface area contributed by atoms with Crippen molar-refractivity contribution in [1.82, 2.24) is 14.9 Å². The summed E-state index contributed by atoms with van der Waals surface area (Å²) in [5, 5.41) is 13.5. The highest BCUT2D eigenvalue weighted by Crippen LogP contribution is 2.25. The third-order valence-corrected chi connectivity index (χ3v) is 5.50. The zero-order chi connectivity index (χ0) is 17.1. The average Bonchev–Trinajstić information content (AvgIpc) is 3.18. The summed E-state index contributed by atoms with van der Waals surface area (Å²) in [6.07, 6.45) is 0. The first-order valence-electron chi connectivity index (χ1n) is 6.98. The van der Waals surface area contributed by atoms with Crippen molar-refractivity contribution < 1.29 is 4.79 Å². The lowest BCUT2D eigenvalue weighted by atomic mass is 10.2. The number of halogens is 1. The molecule has 2 aromatic heterocycles. The molecule has 0 saturated carbocycles. The summed E-state index contributed by atoms with van der Waals surface area (Å²) in [6.45, 7) is 1.94. The van der Waals surface area contributed by atoms with Gasteiger partial charge in [-0.15, -0.1) is 21.5 Å². The highest BCUT2D eigenvalue weighted by atomic mass is 79.9. The van der Waals surface area contributed by atoms with E-state index < -0.39 is 0 Å². The van der Waals surface area contributed by atoms with Gasteiger partial charge in [-0.05, 0) is 42.1 Å². The molecule has 1 amide bonds. The van der Waals surface area contributed by atoms with Crippen molar-refractivity contribution in [2.45, 2.75) is 12.1 Å². The van der Waals surface area contributed by atoms with Crippen LogP contribution in [-0.2, 0) is 4.79 Å². The third kappa shape index (κ3) is 3.80. The zero-order valence-electron chi connectivity index (χ0n) is 12.7. The molecular formula is C15H14BrN5OS2. The number of aromatic nitrogens is 3. The van der Waals surface area contributed by atoms with E-state index in [0.717, 1.165) is 20.6 Å². The molecule has 0 bridgehead atoms. The maximum absolute atomic E-state index is 12.1. The molecule has 0 aliphatic rings. The number of hydrogen-bond donors (Lipinski definition) is 2. The molecule has 24 heavy (non-hydrogen) atoms. The van der Waals surface area contributed by atoms with Gasteiger partial charge in [-0.2, -0.15) is 0 Å². The van der Waals surface area contributed by atoms with Gasteiger partial charge in [-0.3, -0.25) is 4.79 Å². The molecule has 0 aliphatic carbocycles. The van der Waals surface area contributed by atoms with Crippen LogP contribution in [0, 0.1) is 6.92 Å². The van der Waals surface area contributed by atoms with Crippen LogP contribution in [0.1, 0.15) is 5.56 Å². The van der Waals surface area contributed by atoms with Crippen LogP contribution in [0.5, 0.6) is 0 Å². The molecule has 3 rings (SSSR count). The molecule has 0 saturated heterocycles. The molecule has 2 heterocycles. The van der Waals surface area contributed by atoms with Gasteiger partial charge in [0.2, 0.25) is 11.1 Å². The van der Waals surface area contributed by atoms with Crippen LogP contribution in [0.3, 0.4) is 0 Å². The molecule has 6 nitrogen and oxygen atoms in total. The topological polar surface area (TPSA) is 85.8 Å². The van der Waals surface area contributed by atoms with Gasteiger partial charge >= 0.3 is 0 Å². The van der Waals surface area contributed by atoms with Gasteiger partial charge in [0.1, 0.15) is 0 Å². The number of nitrogens with two attached hydrogens (primary N) is 1. The minimum absolute atomic E-state index is 0.119. The van der Waals surface area contributed by atoms with E-state index in [1.807, 2.05) is 42.6 Å². The first kappa shape index (κ1) is 17.0. The summed E-state index contributed by atoms with van der Waals surface area (Å²) in [5.41, 5.74) is 1.78. The maximum Gasteiger partial charge on any atom is 0.234 e. The second-order valence-electron chi connectivity index (χ2n) is 4.95. The number of thiophene rings is 1. The average molecular weight is 424 g/mol. The van der Waals surface area contributed by atoms with Gasteiger partial charge in [0.25, 0.3) is 0 Å². The Labute approximate surface area is 155 Å². The summed E-state index contributed by atoms with van der Waals surface area (Å²) in [5.74, 6) is 6.69. The number of nitrogen functional groups attached to an aromatic ring is 1. The van der Waals surface area contributed by atoms with Gasteiger partial charge in [0, 0.05) is 10.2 Å². The van der Waals surface area contributed by atoms with Crippen LogP contribution in [0.2, 0.25) is 0 Å². The van der Waals surface area contributed by atoms with Gasteiger partial charge in [0.05, 0.1) is 10.6 Å². The van der Waals surface area contributed by atoms with Crippen LogP contribution in [0.15, 0.2) is 45.3 Å². The summed E-state index contributed by atoms with van der Waals surface area (Å²) in [7, 11) is 0. The van der Waals surface area contributed by atoms with E-state index in [0.29, 0.717) is 11.0 Å². The normalized spacial score (nSPS) is 10.8. The second-order valence-corrected chi connectivity index (χ2v) is 7.76. The number of nitrogens with zero attached hydrogens (tertiary/aromatic N) is 3. The third-order valence-electron chi connectivity index (χ3n) is 3.20. The molecule has 9 heteroatoms. The van der Waals surface area contributed by atoms with Gasteiger partial charge in [-0.1, -0.05) is 33.8 Å². The standard InChI is InChI=1S/C15H14BrN5OS2/c1-9-7-10(16)4-5-11(9)18-13(22)8-24-15-20-19-14(21(15)17)12-3-2-6-23-12/h2-7H,8,17H2,1H3,(H,18,22). The molecule has 0 spiro atoms. The fraction of sp³-hybridized carbons (Fsp3) is 0.133. The van der Waals surface area contributed by atoms with Crippen molar-refractivity contribution in [3.8, 4) is 10.7 Å². The lowest BCUT2D eigenvalue weighted by molar-refractivity contribution is -0.113.